The second-order valence-electron chi connectivity index (χ2n) is 5.93. The molecule has 0 radical (unpaired) electrons. The summed E-state index contributed by atoms with van der Waals surface area (Å²) >= 11 is 0.998. The number of alkyl halides is 6. The molecule has 10 heteroatoms. The zero-order valence-electron chi connectivity index (χ0n) is 13.7. The first-order chi connectivity index (χ1) is 13.1. The Bertz CT molecular complexity index is 972. The third-order valence-corrected chi connectivity index (χ3v) is 5.53. The van der Waals surface area contributed by atoms with Gasteiger partial charge in [0.05, 0.1) is 23.5 Å². The molecule has 1 aliphatic heterocycles. The van der Waals surface area contributed by atoms with E-state index in [0.717, 1.165) is 36.0 Å². The van der Waals surface area contributed by atoms with Crippen LogP contribution in [0.3, 0.4) is 0 Å². The fraction of sp³-hybridized carbons (Fsp3) is 0.222. The number of anilines is 2. The predicted octanol–water partition coefficient (Wildman–Crippen LogP) is 5.92. The van der Waals surface area contributed by atoms with E-state index in [0.29, 0.717) is 22.3 Å². The lowest BCUT2D eigenvalue weighted by Gasteiger charge is -2.38. The van der Waals surface area contributed by atoms with Crippen LogP contribution in [0.4, 0.5) is 37.7 Å². The van der Waals surface area contributed by atoms with Gasteiger partial charge in [0.15, 0.2) is 5.92 Å². The van der Waals surface area contributed by atoms with Crippen LogP contribution in [0.15, 0.2) is 52.3 Å². The molecule has 1 N–H and O–H groups in total. The van der Waals surface area contributed by atoms with Crippen molar-refractivity contribution in [3.8, 4) is 12.1 Å². The van der Waals surface area contributed by atoms with Crippen molar-refractivity contribution in [3.63, 3.8) is 0 Å². The second kappa shape index (κ2) is 6.64. The van der Waals surface area contributed by atoms with Gasteiger partial charge in [-0.15, -0.1) is 0 Å². The third kappa shape index (κ3) is 2.85. The molecule has 0 aliphatic carbocycles. The summed E-state index contributed by atoms with van der Waals surface area (Å²) in [5.41, 5.74) is -4.84. The minimum absolute atomic E-state index is 0.128. The maximum atomic E-state index is 13.8. The first kappa shape index (κ1) is 19.9. The highest BCUT2D eigenvalue weighted by atomic mass is 32.2. The van der Waals surface area contributed by atoms with Crippen molar-refractivity contribution in [2.24, 2.45) is 5.92 Å². The van der Waals surface area contributed by atoms with Gasteiger partial charge in [0, 0.05) is 9.79 Å². The second-order valence-corrected chi connectivity index (χ2v) is 7.01. The topological polar surface area (TPSA) is 59.6 Å². The van der Waals surface area contributed by atoms with Gasteiger partial charge in [-0.05, 0) is 29.8 Å². The van der Waals surface area contributed by atoms with Gasteiger partial charge in [0.2, 0.25) is 5.41 Å². The SMILES string of the molecule is N#CC(C#N)C(c1ccc2c(c1)Sc1ccccc1N2)(C(F)(F)F)C(F)(F)F. The molecule has 0 amide bonds. The van der Waals surface area contributed by atoms with E-state index < -0.39 is 29.2 Å². The molecule has 0 spiro atoms. The molecule has 0 fully saturated rings. The summed E-state index contributed by atoms with van der Waals surface area (Å²) < 4.78 is 82.8. The Hall–Kier alpha value is -2.85. The van der Waals surface area contributed by atoms with Crippen molar-refractivity contribution in [1.82, 2.24) is 0 Å². The summed E-state index contributed by atoms with van der Waals surface area (Å²) in [6, 6.07) is 11.0. The molecule has 2 aromatic rings. The van der Waals surface area contributed by atoms with Crippen molar-refractivity contribution >= 4 is 23.1 Å². The van der Waals surface area contributed by atoms with Crippen LogP contribution in [0.25, 0.3) is 0 Å². The maximum absolute atomic E-state index is 13.8. The van der Waals surface area contributed by atoms with Gasteiger partial charge in [-0.1, -0.05) is 30.0 Å². The van der Waals surface area contributed by atoms with Crippen molar-refractivity contribution in [2.75, 3.05) is 5.32 Å². The van der Waals surface area contributed by atoms with Crippen LogP contribution >= 0.6 is 11.8 Å². The molecule has 2 aromatic carbocycles. The van der Waals surface area contributed by atoms with Gasteiger partial charge in [-0.25, -0.2) is 0 Å². The zero-order valence-corrected chi connectivity index (χ0v) is 14.5. The number of nitrogens with one attached hydrogen (secondary N) is 1. The molecular weight excluding hydrogens is 404 g/mol. The van der Waals surface area contributed by atoms with Gasteiger partial charge >= 0.3 is 12.4 Å². The molecule has 0 unspecified atom stereocenters. The molecule has 28 heavy (non-hydrogen) atoms. The molecule has 1 heterocycles. The lowest BCUT2D eigenvalue weighted by Crippen LogP contribution is -2.58. The molecule has 1 aliphatic rings. The first-order valence-corrected chi connectivity index (χ1v) is 8.49. The molecule has 3 nitrogen and oxygen atoms in total. The standard InChI is InChI=1S/C18H9F6N3S/c19-17(20,21)16(18(22,23)24,11(8-25)9-26)10-5-6-13-15(7-10)28-14-4-2-1-3-12(14)27-13/h1-7,11,27H. The average molecular weight is 413 g/mol. The summed E-state index contributed by atoms with van der Waals surface area (Å²) in [4.78, 5) is 0.748. The molecule has 0 atom stereocenters. The van der Waals surface area contributed by atoms with Crippen molar-refractivity contribution in [2.45, 2.75) is 27.6 Å². The number of nitriles is 2. The molecule has 0 aromatic heterocycles. The van der Waals surface area contributed by atoms with Gasteiger partial charge in [0.25, 0.3) is 0 Å². The van der Waals surface area contributed by atoms with Crippen LogP contribution < -0.4 is 5.32 Å². The smallest absolute Gasteiger partial charge is 0.354 e. The van der Waals surface area contributed by atoms with E-state index in [9.17, 15) is 26.3 Å². The van der Waals surface area contributed by atoms with Crippen LogP contribution in [0, 0.1) is 28.6 Å². The number of nitrogens with zero attached hydrogens (tertiary/aromatic N) is 2. The number of halogens is 6. The zero-order chi connectivity index (χ0) is 20.7. The number of benzene rings is 2. The molecule has 0 saturated carbocycles. The van der Waals surface area contributed by atoms with Crippen molar-refractivity contribution in [3.05, 3.63) is 48.0 Å². The highest BCUT2D eigenvalue weighted by Gasteiger charge is 2.76. The third-order valence-electron chi connectivity index (χ3n) is 4.40. The van der Waals surface area contributed by atoms with Gasteiger partial charge in [0.1, 0.15) is 0 Å². The summed E-state index contributed by atoms with van der Waals surface area (Å²) in [5.74, 6) is -3.00. The van der Waals surface area contributed by atoms with E-state index in [-0.39, 0.29) is 4.90 Å². The van der Waals surface area contributed by atoms with Crippen LogP contribution in [0.2, 0.25) is 0 Å². The van der Waals surface area contributed by atoms with E-state index >= 15 is 0 Å². The van der Waals surface area contributed by atoms with Crippen LogP contribution in [-0.2, 0) is 5.41 Å². The average Bonchev–Trinajstić information content (AvgIpc) is 2.61. The Morgan fingerprint density at radius 1 is 0.821 bits per heavy atom. The highest BCUT2D eigenvalue weighted by molar-refractivity contribution is 7.99. The Kier molecular flexibility index (Phi) is 4.72. The minimum atomic E-state index is -5.92. The quantitative estimate of drug-likeness (QED) is 0.530. The molecule has 0 saturated heterocycles. The van der Waals surface area contributed by atoms with Gasteiger partial charge in [-0.3, -0.25) is 0 Å². The number of rotatable bonds is 2. The Morgan fingerprint density at radius 3 is 1.96 bits per heavy atom. The maximum Gasteiger partial charge on any atom is 0.409 e. The molecule has 0 bridgehead atoms. The number of fused-ring (bicyclic) bond motifs is 2. The highest BCUT2D eigenvalue weighted by Crippen LogP contribution is 2.57. The van der Waals surface area contributed by atoms with E-state index in [1.54, 1.807) is 24.3 Å². The van der Waals surface area contributed by atoms with Gasteiger partial charge < -0.3 is 5.32 Å². The number of hydrogen-bond acceptors (Lipinski definition) is 4. The Morgan fingerprint density at radius 2 is 1.39 bits per heavy atom. The van der Waals surface area contributed by atoms with Gasteiger partial charge in [-0.2, -0.15) is 36.9 Å². The lowest BCUT2D eigenvalue weighted by molar-refractivity contribution is -0.309. The van der Waals surface area contributed by atoms with E-state index in [4.69, 9.17) is 10.5 Å². The first-order valence-electron chi connectivity index (χ1n) is 7.67. The molecule has 3 rings (SSSR count). The van der Waals surface area contributed by atoms with E-state index in [1.807, 2.05) is 0 Å². The largest absolute Gasteiger partial charge is 0.409 e. The summed E-state index contributed by atoms with van der Waals surface area (Å²) in [7, 11) is 0. The van der Waals surface area contributed by atoms with Crippen molar-refractivity contribution < 1.29 is 26.3 Å². The normalized spacial score (nSPS) is 13.8. The lowest BCUT2D eigenvalue weighted by atomic mass is 9.69. The van der Waals surface area contributed by atoms with Crippen LogP contribution in [-0.4, -0.2) is 12.4 Å². The predicted molar refractivity (Wildman–Crippen MR) is 88.8 cm³/mol. The number of hydrogen-bond donors (Lipinski definition) is 1. The van der Waals surface area contributed by atoms with E-state index in [2.05, 4.69) is 5.32 Å². The van der Waals surface area contributed by atoms with Crippen LogP contribution in [0.5, 0.6) is 0 Å². The van der Waals surface area contributed by atoms with Crippen LogP contribution in [0.1, 0.15) is 5.56 Å². The fourth-order valence-corrected chi connectivity index (χ4v) is 4.11. The fourth-order valence-electron chi connectivity index (χ4n) is 3.08. The Balaban J connectivity index is 2.24. The number of para-hydroxylation sites is 1. The monoisotopic (exact) mass is 413 g/mol. The Labute approximate surface area is 159 Å². The molecule has 144 valence electrons. The van der Waals surface area contributed by atoms with Crippen molar-refractivity contribution in [1.29, 1.82) is 10.5 Å². The molecular formula is C18H9F6N3S. The minimum Gasteiger partial charge on any atom is -0.354 e. The summed E-state index contributed by atoms with van der Waals surface area (Å²) in [5, 5.41) is 20.8. The summed E-state index contributed by atoms with van der Waals surface area (Å²) in [6.45, 7) is 0. The summed E-state index contributed by atoms with van der Waals surface area (Å²) in [6.07, 6.45) is -11.8. The van der Waals surface area contributed by atoms with E-state index in [1.165, 1.54) is 0 Å².